The van der Waals surface area contributed by atoms with Crippen molar-refractivity contribution < 1.29 is 19.1 Å². The van der Waals surface area contributed by atoms with Crippen molar-refractivity contribution in [3.05, 3.63) is 17.7 Å². The number of hydrogen-bond acceptors (Lipinski definition) is 4. The number of ether oxygens (including phenoxy) is 2. The third kappa shape index (κ3) is 3.54. The van der Waals surface area contributed by atoms with Crippen molar-refractivity contribution in [3.63, 3.8) is 0 Å². The Balaban J connectivity index is 2.22. The fraction of sp³-hybridized carbons (Fsp3) is 0.500. The summed E-state index contributed by atoms with van der Waals surface area (Å²) >= 11 is 0. The van der Waals surface area contributed by atoms with E-state index in [0.717, 1.165) is 12.8 Å². The zero-order valence-electron chi connectivity index (χ0n) is 12.7. The molecule has 5 nitrogen and oxygen atoms in total. The summed E-state index contributed by atoms with van der Waals surface area (Å²) in [5.74, 6) is 1.25. The number of nitrogens with one attached hydrogen (secondary N) is 1. The van der Waals surface area contributed by atoms with Gasteiger partial charge in [-0.3, -0.25) is 9.59 Å². The first-order chi connectivity index (χ1) is 10.0. The number of rotatable bonds is 6. The quantitative estimate of drug-likeness (QED) is 0.818. The summed E-state index contributed by atoms with van der Waals surface area (Å²) in [5, 5.41) is 2.82. The molecule has 0 bridgehead atoms. The molecular weight excluding hydrogens is 270 g/mol. The molecule has 1 saturated carbocycles. The molecular formula is C16H21NO4. The van der Waals surface area contributed by atoms with E-state index < -0.39 is 0 Å². The van der Waals surface area contributed by atoms with Crippen LogP contribution in [0.25, 0.3) is 0 Å². The summed E-state index contributed by atoms with van der Waals surface area (Å²) in [6, 6.07) is 3.23. The second-order valence-electron chi connectivity index (χ2n) is 5.36. The summed E-state index contributed by atoms with van der Waals surface area (Å²) < 4.78 is 10.4. The van der Waals surface area contributed by atoms with E-state index in [0.29, 0.717) is 35.1 Å². The monoisotopic (exact) mass is 291 g/mol. The molecule has 0 aromatic heterocycles. The van der Waals surface area contributed by atoms with E-state index >= 15 is 0 Å². The molecule has 0 unspecified atom stereocenters. The maximum Gasteiger partial charge on any atom is 0.224 e. The molecule has 0 heterocycles. The number of carbonyl (C=O) groups excluding carboxylic acids is 2. The van der Waals surface area contributed by atoms with Gasteiger partial charge in [0.15, 0.2) is 17.3 Å². The molecule has 1 aliphatic rings. The summed E-state index contributed by atoms with van der Waals surface area (Å²) in [5.41, 5.74) is 0.902. The lowest BCUT2D eigenvalue weighted by atomic mass is 9.83. The minimum Gasteiger partial charge on any atom is -0.493 e. The topological polar surface area (TPSA) is 64.6 Å². The standard InChI is InChI=1S/C16H21NO4/c1-10(18)12-8-14(20-2)15(21-3)9-13(12)17-16(19)7-11-5-4-6-11/h8-9,11H,4-7H2,1-3H3,(H,17,19). The fourth-order valence-electron chi connectivity index (χ4n) is 2.43. The lowest BCUT2D eigenvalue weighted by Crippen LogP contribution is -2.21. The predicted molar refractivity (Wildman–Crippen MR) is 80.1 cm³/mol. The SMILES string of the molecule is COc1cc(NC(=O)CC2CCC2)c(C(C)=O)cc1OC. The molecule has 2 rings (SSSR count). The van der Waals surface area contributed by atoms with Crippen LogP contribution < -0.4 is 14.8 Å². The Hall–Kier alpha value is -2.04. The highest BCUT2D eigenvalue weighted by Crippen LogP contribution is 2.34. The van der Waals surface area contributed by atoms with Gasteiger partial charge in [-0.15, -0.1) is 0 Å². The van der Waals surface area contributed by atoms with Gasteiger partial charge in [0.2, 0.25) is 5.91 Å². The Morgan fingerprint density at radius 3 is 2.29 bits per heavy atom. The maximum atomic E-state index is 12.1. The van der Waals surface area contributed by atoms with E-state index in [1.54, 1.807) is 12.1 Å². The molecule has 1 aromatic rings. The molecule has 0 aliphatic heterocycles. The van der Waals surface area contributed by atoms with Crippen LogP contribution in [0.2, 0.25) is 0 Å². The van der Waals surface area contributed by atoms with Gasteiger partial charge >= 0.3 is 0 Å². The fourth-order valence-corrected chi connectivity index (χ4v) is 2.43. The molecule has 21 heavy (non-hydrogen) atoms. The largest absolute Gasteiger partial charge is 0.493 e. The number of amides is 1. The van der Waals surface area contributed by atoms with Crippen LogP contribution in [0.15, 0.2) is 12.1 Å². The zero-order valence-corrected chi connectivity index (χ0v) is 12.7. The number of ketones is 1. The van der Waals surface area contributed by atoms with E-state index in [4.69, 9.17) is 9.47 Å². The average Bonchev–Trinajstić information content (AvgIpc) is 2.42. The molecule has 0 atom stereocenters. The van der Waals surface area contributed by atoms with Crippen molar-refractivity contribution in [1.29, 1.82) is 0 Å². The molecule has 1 fully saturated rings. The number of methoxy groups -OCH3 is 2. The molecule has 0 saturated heterocycles. The van der Waals surface area contributed by atoms with Crippen molar-refractivity contribution in [2.45, 2.75) is 32.6 Å². The van der Waals surface area contributed by atoms with Crippen LogP contribution in [0, 0.1) is 5.92 Å². The normalized spacial score (nSPS) is 14.2. The summed E-state index contributed by atoms with van der Waals surface area (Å²) in [7, 11) is 3.03. The molecule has 5 heteroatoms. The second kappa shape index (κ2) is 6.61. The molecule has 0 radical (unpaired) electrons. The minimum atomic E-state index is -0.130. The van der Waals surface area contributed by atoms with E-state index in [1.165, 1.54) is 27.6 Å². The van der Waals surface area contributed by atoms with Crippen LogP contribution in [0.3, 0.4) is 0 Å². The zero-order chi connectivity index (χ0) is 15.4. The van der Waals surface area contributed by atoms with Gasteiger partial charge in [-0.1, -0.05) is 6.42 Å². The number of hydrogen-bond donors (Lipinski definition) is 1. The van der Waals surface area contributed by atoms with Crippen LogP contribution in [-0.2, 0) is 4.79 Å². The summed E-state index contributed by atoms with van der Waals surface area (Å²) in [6.45, 7) is 1.46. The number of carbonyl (C=O) groups is 2. The van der Waals surface area contributed by atoms with Crippen molar-refractivity contribution in [1.82, 2.24) is 0 Å². The van der Waals surface area contributed by atoms with Gasteiger partial charge in [-0.2, -0.15) is 0 Å². The Morgan fingerprint density at radius 2 is 1.81 bits per heavy atom. The van der Waals surface area contributed by atoms with E-state index in [1.807, 2.05) is 0 Å². The van der Waals surface area contributed by atoms with Crippen molar-refractivity contribution in [2.24, 2.45) is 5.92 Å². The first kappa shape index (κ1) is 15.4. The lowest BCUT2D eigenvalue weighted by Gasteiger charge is -2.24. The van der Waals surface area contributed by atoms with Crippen molar-refractivity contribution in [2.75, 3.05) is 19.5 Å². The highest BCUT2D eigenvalue weighted by Gasteiger charge is 2.22. The van der Waals surface area contributed by atoms with Crippen LogP contribution >= 0.6 is 0 Å². The van der Waals surface area contributed by atoms with E-state index in [9.17, 15) is 9.59 Å². The van der Waals surface area contributed by atoms with Crippen LogP contribution in [-0.4, -0.2) is 25.9 Å². The highest BCUT2D eigenvalue weighted by molar-refractivity contribution is 6.04. The van der Waals surface area contributed by atoms with Gasteiger partial charge in [0, 0.05) is 18.1 Å². The average molecular weight is 291 g/mol. The first-order valence-corrected chi connectivity index (χ1v) is 7.12. The predicted octanol–water partition coefficient (Wildman–Crippen LogP) is 3.04. The van der Waals surface area contributed by atoms with Gasteiger partial charge < -0.3 is 14.8 Å². The summed E-state index contributed by atoms with van der Waals surface area (Å²) in [6.07, 6.45) is 3.93. The number of Topliss-reactive ketones (excluding diaryl/α,β-unsaturated/α-hetero) is 1. The Kier molecular flexibility index (Phi) is 4.83. The van der Waals surface area contributed by atoms with E-state index in [-0.39, 0.29) is 11.7 Å². The molecule has 114 valence electrons. The van der Waals surface area contributed by atoms with Crippen molar-refractivity contribution >= 4 is 17.4 Å². The van der Waals surface area contributed by atoms with Crippen LogP contribution in [0.4, 0.5) is 5.69 Å². The lowest BCUT2D eigenvalue weighted by molar-refractivity contribution is -0.117. The molecule has 0 spiro atoms. The number of anilines is 1. The molecule has 1 N–H and O–H groups in total. The molecule has 1 amide bonds. The van der Waals surface area contributed by atoms with Gasteiger partial charge in [0.05, 0.1) is 19.9 Å². The second-order valence-corrected chi connectivity index (χ2v) is 5.36. The maximum absolute atomic E-state index is 12.1. The third-order valence-electron chi connectivity index (χ3n) is 3.88. The van der Waals surface area contributed by atoms with Crippen molar-refractivity contribution in [3.8, 4) is 11.5 Å². The van der Waals surface area contributed by atoms with E-state index in [2.05, 4.69) is 5.32 Å². The smallest absolute Gasteiger partial charge is 0.224 e. The first-order valence-electron chi connectivity index (χ1n) is 7.12. The highest BCUT2D eigenvalue weighted by atomic mass is 16.5. The van der Waals surface area contributed by atoms with Crippen LogP contribution in [0.5, 0.6) is 11.5 Å². The van der Waals surface area contributed by atoms with Gasteiger partial charge in [0.1, 0.15) is 0 Å². The third-order valence-corrected chi connectivity index (χ3v) is 3.88. The van der Waals surface area contributed by atoms with Crippen LogP contribution in [0.1, 0.15) is 43.0 Å². The van der Waals surface area contributed by atoms with Gasteiger partial charge in [0.25, 0.3) is 0 Å². The van der Waals surface area contributed by atoms with Gasteiger partial charge in [-0.05, 0) is 31.7 Å². The Morgan fingerprint density at radius 1 is 1.19 bits per heavy atom. The molecule has 1 aliphatic carbocycles. The Labute approximate surface area is 124 Å². The summed E-state index contributed by atoms with van der Waals surface area (Å²) in [4.78, 5) is 23.8. The minimum absolute atomic E-state index is 0.0607. The number of benzene rings is 1. The van der Waals surface area contributed by atoms with Gasteiger partial charge in [-0.25, -0.2) is 0 Å². The Bertz CT molecular complexity index is 549. The molecule has 1 aromatic carbocycles.